The fourth-order valence-corrected chi connectivity index (χ4v) is 60.5. The molecule has 0 amide bonds. The molecule has 11 unspecified atom stereocenters. The van der Waals surface area contributed by atoms with E-state index in [1.807, 2.05) is 0 Å². The van der Waals surface area contributed by atoms with Crippen LogP contribution in [0.5, 0.6) is 0 Å². The predicted molar refractivity (Wildman–Crippen MR) is 543 cm³/mol. The molecule has 0 aromatic heterocycles. The van der Waals surface area contributed by atoms with Gasteiger partial charge in [0.15, 0.2) is 17.4 Å². The van der Waals surface area contributed by atoms with E-state index in [-0.39, 0.29) is 184 Å². The number of ether oxygens (including phenoxy) is 9. The third-order valence-electron chi connectivity index (χ3n) is 23.6. The van der Waals surface area contributed by atoms with Gasteiger partial charge in [0.05, 0.1) is 32.0 Å². The lowest BCUT2D eigenvalue weighted by molar-refractivity contribution is -0.255. The van der Waals surface area contributed by atoms with Gasteiger partial charge in [0, 0.05) is 107 Å². The highest BCUT2D eigenvalue weighted by molar-refractivity contribution is 6.90. The first-order chi connectivity index (χ1) is 48.7. The average Bonchev–Trinajstić information content (AvgIpc) is 1.66. The Kier molecular flexibility index (Phi) is 86.3. The van der Waals surface area contributed by atoms with Crippen molar-refractivity contribution in [1.29, 1.82) is 0 Å². The molecule has 4 saturated heterocycles. The number of halogens is 3. The van der Waals surface area contributed by atoms with Crippen LogP contribution in [0.1, 0.15) is 328 Å². The van der Waals surface area contributed by atoms with E-state index in [2.05, 4.69) is 120 Å². The lowest BCUT2D eigenvalue weighted by atomic mass is 9.89. The van der Waals surface area contributed by atoms with Crippen LogP contribution in [0, 0.1) is 29.6 Å². The number of carbonyl (C=O) groups excluding carboxylic acids is 7. The summed E-state index contributed by atoms with van der Waals surface area (Å²) >= 11 is 0. The van der Waals surface area contributed by atoms with Crippen LogP contribution in [0.3, 0.4) is 0 Å². The van der Waals surface area contributed by atoms with Crippen molar-refractivity contribution in [2.45, 2.75) is 520 Å². The van der Waals surface area contributed by atoms with Gasteiger partial charge in [0.1, 0.15) is 5.60 Å². The van der Waals surface area contributed by atoms with Crippen LogP contribution >= 0.6 is 0 Å². The Bertz CT molecular complexity index is 2590. The third-order valence-corrected chi connectivity index (χ3v) is 64.6. The van der Waals surface area contributed by atoms with Crippen molar-refractivity contribution in [3.63, 3.8) is 0 Å². The van der Waals surface area contributed by atoms with Crippen LogP contribution in [-0.2, 0) is 76.2 Å². The van der Waals surface area contributed by atoms with E-state index in [9.17, 15) is 51.8 Å². The van der Waals surface area contributed by atoms with Crippen molar-refractivity contribution in [3.05, 3.63) is 0 Å². The summed E-state index contributed by atoms with van der Waals surface area (Å²) in [4.78, 5) is 86.9. The molecule has 7 aliphatic rings. The maximum Gasteiger partial charge on any atom is 0.416 e. The second-order valence-electron chi connectivity index (χ2n) is 36.8. The van der Waals surface area contributed by atoms with Gasteiger partial charge in [-0.25, -0.2) is 0 Å². The van der Waals surface area contributed by atoms with Crippen LogP contribution in [0.25, 0.3) is 0 Å². The number of esters is 7. The zero-order valence-corrected chi connectivity index (χ0v) is 78.2. The first-order valence-electron chi connectivity index (χ1n) is 41.2. The molecule has 121 heavy (non-hydrogen) atoms. The van der Waals surface area contributed by atoms with Crippen molar-refractivity contribution < 1.29 is 94.5 Å². The van der Waals surface area contributed by atoms with Gasteiger partial charge in [-0.05, 0) is 116 Å². The minimum Gasteiger partial charge on any atom is -0.459 e. The number of hydrogen-bond acceptors (Lipinski definition) is 17. The van der Waals surface area contributed by atoms with E-state index in [0.717, 1.165) is 88.4 Å². The fraction of sp³-hybridized carbons (Fsp3) is 0.925. The second kappa shape index (κ2) is 69.6. The van der Waals surface area contributed by atoms with E-state index in [4.69, 9.17) is 42.6 Å². The minimum absolute atomic E-state index is 0. The van der Waals surface area contributed by atoms with Crippen molar-refractivity contribution in [3.8, 4) is 0 Å². The number of alkyl halides is 3. The highest BCUT2D eigenvalue weighted by atomic mass is 28.4. The van der Waals surface area contributed by atoms with Crippen LogP contribution in [0.4, 0.5) is 13.2 Å². The Hall–Kier alpha value is -2.30. The second-order valence-corrected chi connectivity index (χ2v) is 74.0. The minimum atomic E-state index is -4.51. The molecular formula is C93H213F3O17Si8. The van der Waals surface area contributed by atoms with Crippen LogP contribution < -0.4 is 0 Å². The first kappa shape index (κ1) is 150. The van der Waals surface area contributed by atoms with Gasteiger partial charge in [-0.2, -0.15) is 13.2 Å². The quantitative estimate of drug-likeness (QED) is 0.0274. The molecular weight excluding hydrogens is 1670 g/mol. The lowest BCUT2D eigenvalue weighted by Crippen LogP contribution is -2.42. The SMILES string of the molecule is C.C.C.C.C.C.C.C.C.C.C.C.C.C.C.C.CC1(OC(=O)C2CC3CCC2C3)CCCC1.CC[Si](C)(C)C[SiH](C)C.CC[Si](C)(CCCC(C(=O)OC1(C)CCC(=O)O1)C(=O)OC1(C)CCC(=O)O1)C[SiH](C)C.CC[Si](C)(CCCC(C(=O)OC1CCCCO1)C(=O)OC1CCCCO1)C[SiH](C)C.CC[Si](C)(CCCC(C)(O)C(F)(F)F)C[SiH](C)C. The molecule has 4 heterocycles. The molecule has 7 fully saturated rings. The summed E-state index contributed by atoms with van der Waals surface area (Å²) in [5.41, 5.74) is 3.01. The standard InChI is InChI=1S/C22H38O8Si2.C22H42O6Si2.C14H22O2.C12H27F3OSi2.C7H20Si2.16CH4/c1-7-32(6,15-31(4)5)14-8-9-16(19(25)29-21(2)12-10-17(23)27-21)20(26)30-22(3)13-11-18(24)28-22;1-5-30(4,17-29(2)3)16-10-11-18(21(23)27-19-12-6-8-14-25-19)22(24)28-20-13-7-9-15-26-20;1-14(6-2-3-7-14)16-13(15)12-9-10-4-5-11(12)8-10;1-6-18(5,10-17(3)4)9-7-8-11(2,16)12(13,14)15;1-6-9(4,5)7-8(2)3;;;;;;;;;;;;;;;;/h16,31H,7-15H2,1-6H3;18-20,29H,5-17H2,1-4H3;10-12H,2-9H2,1H3;16-17H,6-10H2,1-5H3;8H,6-7H2,1-5H3;16*1H4. The number of aliphatic hydroxyl groups is 1. The maximum atomic E-state index is 13.0. The summed E-state index contributed by atoms with van der Waals surface area (Å²) in [7, 11) is -7.01. The van der Waals surface area contributed by atoms with Crippen LogP contribution in [0.2, 0.25) is 150 Å². The van der Waals surface area contributed by atoms with Crippen molar-refractivity contribution in [2.75, 3.05) is 13.2 Å². The summed E-state index contributed by atoms with van der Waals surface area (Å²) in [6, 6.07) is 8.09. The molecule has 0 radical (unpaired) electrons. The number of rotatable bonds is 34. The molecule has 2 bridgehead atoms. The van der Waals surface area contributed by atoms with Gasteiger partial charge in [0.2, 0.25) is 12.6 Å². The molecule has 1 N–H and O–H groups in total. The Balaban J connectivity index is -0.0000000998. The molecule has 28 heteroatoms. The molecule has 7 rings (SSSR count). The van der Waals surface area contributed by atoms with E-state index < -0.39 is 142 Å². The molecule has 740 valence electrons. The average molecular weight is 1890 g/mol. The summed E-state index contributed by atoms with van der Waals surface area (Å²) in [6.45, 7) is 47.5. The van der Waals surface area contributed by atoms with Gasteiger partial charge < -0.3 is 47.7 Å². The summed E-state index contributed by atoms with van der Waals surface area (Å²) < 4.78 is 86.8. The fourth-order valence-electron chi connectivity index (χ4n) is 16.8. The zero-order chi connectivity index (χ0) is 79.4. The molecule has 11 atom stereocenters. The van der Waals surface area contributed by atoms with Gasteiger partial charge in [-0.1, -0.05) is 322 Å². The Morgan fingerprint density at radius 1 is 0.471 bits per heavy atom. The van der Waals surface area contributed by atoms with Crippen molar-refractivity contribution >= 4 is 109 Å². The summed E-state index contributed by atoms with van der Waals surface area (Å²) in [6.07, 6.45) is 12.8. The van der Waals surface area contributed by atoms with Crippen molar-refractivity contribution in [1.82, 2.24) is 0 Å². The maximum absolute atomic E-state index is 13.0. The molecule has 3 aliphatic carbocycles. The van der Waals surface area contributed by atoms with E-state index >= 15 is 0 Å². The number of hydrogen-bond donors (Lipinski definition) is 1. The van der Waals surface area contributed by atoms with Gasteiger partial charge >= 0.3 is 48.0 Å². The van der Waals surface area contributed by atoms with Crippen molar-refractivity contribution in [2.24, 2.45) is 29.6 Å². The molecule has 0 spiro atoms. The molecule has 3 saturated carbocycles. The summed E-state index contributed by atoms with van der Waals surface area (Å²) in [5.74, 6) is -6.33. The number of cyclic esters (lactones) is 2. The monoisotopic (exact) mass is 1880 g/mol. The van der Waals surface area contributed by atoms with E-state index in [1.165, 1.54) is 81.1 Å². The smallest absolute Gasteiger partial charge is 0.416 e. The van der Waals surface area contributed by atoms with E-state index in [1.54, 1.807) is 5.67 Å². The zero-order valence-electron chi connectivity index (χ0n) is 69.6. The predicted octanol–water partition coefficient (Wildman–Crippen LogP) is 28.8. The Morgan fingerprint density at radius 3 is 1.08 bits per heavy atom. The Labute approximate surface area is 761 Å². The van der Waals surface area contributed by atoms with Gasteiger partial charge in [-0.3, -0.25) is 33.6 Å². The van der Waals surface area contributed by atoms with Gasteiger partial charge in [0.25, 0.3) is 11.6 Å². The molecule has 17 nitrogen and oxygen atoms in total. The highest BCUT2D eigenvalue weighted by Crippen LogP contribution is 2.50. The molecule has 0 aromatic rings. The Morgan fingerprint density at radius 2 is 0.818 bits per heavy atom. The van der Waals surface area contributed by atoms with Gasteiger partial charge in [-0.15, -0.1) is 0 Å². The lowest BCUT2D eigenvalue weighted by Gasteiger charge is -2.30. The van der Waals surface area contributed by atoms with Crippen LogP contribution in [0.15, 0.2) is 0 Å². The normalized spacial score (nSPS) is 22.9. The molecule has 0 aromatic carbocycles. The number of fused-ring (bicyclic) bond motifs is 2. The van der Waals surface area contributed by atoms with E-state index in [0.29, 0.717) is 51.2 Å². The topological polar surface area (TPSA) is 223 Å². The first-order valence-corrected chi connectivity index (χ1v) is 66.5. The largest absolute Gasteiger partial charge is 0.459 e. The van der Waals surface area contributed by atoms with Crippen LogP contribution in [-0.4, -0.2) is 169 Å². The molecule has 4 aliphatic heterocycles. The third kappa shape index (κ3) is 56.0. The number of carbonyl (C=O) groups is 7. The summed E-state index contributed by atoms with van der Waals surface area (Å²) in [5, 5.41) is 9.40. The highest BCUT2D eigenvalue weighted by Gasteiger charge is 2.51.